The molecule has 0 aliphatic heterocycles. The largest absolute Gasteiger partial charge is 0.496 e. The fourth-order valence-electron chi connectivity index (χ4n) is 3.27. The van der Waals surface area contributed by atoms with Crippen LogP contribution in [0, 0.1) is 5.82 Å². The molecule has 170 valence electrons. The van der Waals surface area contributed by atoms with Crippen LogP contribution in [0.2, 0.25) is 0 Å². The van der Waals surface area contributed by atoms with Gasteiger partial charge in [-0.25, -0.2) is 22.5 Å². The van der Waals surface area contributed by atoms with Crippen molar-refractivity contribution in [1.29, 1.82) is 0 Å². The Balaban J connectivity index is 2.02. The molecule has 0 radical (unpaired) electrons. The standard InChI is InChI=1S/C22H25FN4O4S/c1-14(2)26-32(29,30)15-9-10-18(23)17(13-15)22(28)25-20(21-24-11-12-27(21)3)16-7-5-6-8-19(16)31-4/h5-14,20,26H,1-4H3,(H,25,28). The van der Waals surface area contributed by atoms with Crippen LogP contribution in [0.1, 0.15) is 41.6 Å². The summed E-state index contributed by atoms with van der Waals surface area (Å²) in [6.07, 6.45) is 3.30. The number of nitrogens with zero attached hydrogens (tertiary/aromatic N) is 2. The Morgan fingerprint density at radius 1 is 1.19 bits per heavy atom. The van der Waals surface area contributed by atoms with E-state index in [1.807, 2.05) is 0 Å². The van der Waals surface area contributed by atoms with Gasteiger partial charge in [-0.2, -0.15) is 0 Å². The van der Waals surface area contributed by atoms with Crippen LogP contribution >= 0.6 is 0 Å². The third-order valence-corrected chi connectivity index (χ3v) is 6.38. The molecule has 1 heterocycles. The lowest BCUT2D eigenvalue weighted by Gasteiger charge is -2.21. The second-order valence-electron chi connectivity index (χ2n) is 7.46. The Morgan fingerprint density at radius 2 is 1.91 bits per heavy atom. The number of imidazole rings is 1. The second-order valence-corrected chi connectivity index (χ2v) is 9.18. The molecule has 0 saturated carbocycles. The van der Waals surface area contributed by atoms with Crippen LogP contribution in [0.5, 0.6) is 5.75 Å². The molecule has 0 aliphatic carbocycles. The molecule has 0 fully saturated rings. The van der Waals surface area contributed by atoms with Gasteiger partial charge in [-0.1, -0.05) is 18.2 Å². The van der Waals surface area contributed by atoms with Crippen molar-refractivity contribution in [2.24, 2.45) is 7.05 Å². The van der Waals surface area contributed by atoms with Gasteiger partial charge in [0, 0.05) is 31.0 Å². The molecule has 1 aromatic heterocycles. The molecule has 2 aromatic carbocycles. The Hall–Kier alpha value is -3.24. The van der Waals surface area contributed by atoms with E-state index >= 15 is 0 Å². The van der Waals surface area contributed by atoms with Crippen molar-refractivity contribution >= 4 is 15.9 Å². The van der Waals surface area contributed by atoms with E-state index in [-0.39, 0.29) is 10.9 Å². The lowest BCUT2D eigenvalue weighted by atomic mass is 10.0. The van der Waals surface area contributed by atoms with Crippen molar-refractivity contribution in [3.05, 3.63) is 77.6 Å². The summed E-state index contributed by atoms with van der Waals surface area (Å²) in [4.78, 5) is 17.2. The molecule has 0 spiro atoms. The second kappa shape index (κ2) is 9.49. The van der Waals surface area contributed by atoms with Gasteiger partial charge in [-0.3, -0.25) is 4.79 Å². The van der Waals surface area contributed by atoms with Crippen LogP contribution in [0.15, 0.2) is 59.8 Å². The molecule has 8 nitrogen and oxygen atoms in total. The summed E-state index contributed by atoms with van der Waals surface area (Å²) in [7, 11) is -0.635. The van der Waals surface area contributed by atoms with Gasteiger partial charge in [-0.15, -0.1) is 0 Å². The van der Waals surface area contributed by atoms with Gasteiger partial charge in [0.15, 0.2) is 0 Å². The first-order chi connectivity index (χ1) is 15.1. The average Bonchev–Trinajstić information content (AvgIpc) is 3.16. The maximum absolute atomic E-state index is 14.6. The fraction of sp³-hybridized carbons (Fsp3) is 0.273. The van der Waals surface area contributed by atoms with Gasteiger partial charge in [0.25, 0.3) is 5.91 Å². The van der Waals surface area contributed by atoms with Gasteiger partial charge in [0.1, 0.15) is 23.4 Å². The molecule has 0 saturated heterocycles. The number of sulfonamides is 1. The minimum Gasteiger partial charge on any atom is -0.496 e. The summed E-state index contributed by atoms with van der Waals surface area (Å²) in [5.41, 5.74) is 0.217. The lowest BCUT2D eigenvalue weighted by molar-refractivity contribution is 0.0936. The van der Waals surface area contributed by atoms with Crippen LogP contribution in [0.3, 0.4) is 0 Å². The molecule has 0 bridgehead atoms. The summed E-state index contributed by atoms with van der Waals surface area (Å²) < 4.78 is 49.1. The third-order valence-electron chi connectivity index (χ3n) is 4.73. The Labute approximate surface area is 186 Å². The van der Waals surface area contributed by atoms with Gasteiger partial charge >= 0.3 is 0 Å². The predicted octanol–water partition coefficient (Wildman–Crippen LogP) is 2.77. The number of aromatic nitrogens is 2. The molecule has 2 N–H and O–H groups in total. The van der Waals surface area contributed by atoms with Gasteiger partial charge < -0.3 is 14.6 Å². The minimum absolute atomic E-state index is 0.205. The molecule has 10 heteroatoms. The molecule has 0 aliphatic rings. The highest BCUT2D eigenvalue weighted by Gasteiger charge is 2.27. The summed E-state index contributed by atoms with van der Waals surface area (Å²) >= 11 is 0. The summed E-state index contributed by atoms with van der Waals surface area (Å²) in [5.74, 6) is -0.625. The van der Waals surface area contributed by atoms with E-state index in [0.29, 0.717) is 17.1 Å². The molecule has 3 aromatic rings. The van der Waals surface area contributed by atoms with E-state index in [0.717, 1.165) is 18.2 Å². The van der Waals surface area contributed by atoms with Crippen molar-refractivity contribution < 1.29 is 22.3 Å². The highest BCUT2D eigenvalue weighted by atomic mass is 32.2. The molecule has 3 rings (SSSR count). The van der Waals surface area contributed by atoms with E-state index in [1.54, 1.807) is 62.1 Å². The maximum atomic E-state index is 14.6. The van der Waals surface area contributed by atoms with E-state index in [1.165, 1.54) is 7.11 Å². The number of carbonyl (C=O) groups excluding carboxylic acids is 1. The number of hydrogen-bond acceptors (Lipinski definition) is 5. The number of rotatable bonds is 8. The van der Waals surface area contributed by atoms with Crippen molar-refractivity contribution in [3.8, 4) is 5.75 Å². The normalized spacial score (nSPS) is 12.6. The van der Waals surface area contributed by atoms with E-state index in [4.69, 9.17) is 4.74 Å². The summed E-state index contributed by atoms with van der Waals surface area (Å²) in [6.45, 7) is 3.33. The van der Waals surface area contributed by atoms with Crippen LogP contribution < -0.4 is 14.8 Å². The Bertz CT molecular complexity index is 1220. The molecule has 1 unspecified atom stereocenters. The smallest absolute Gasteiger partial charge is 0.255 e. The summed E-state index contributed by atoms with van der Waals surface area (Å²) in [6, 6.07) is 9.04. The number of para-hydroxylation sites is 1. The van der Waals surface area contributed by atoms with Crippen molar-refractivity contribution in [3.63, 3.8) is 0 Å². The monoisotopic (exact) mass is 460 g/mol. The Morgan fingerprint density at radius 3 is 2.53 bits per heavy atom. The van der Waals surface area contributed by atoms with Crippen LogP contribution in [-0.4, -0.2) is 37.0 Å². The van der Waals surface area contributed by atoms with Gasteiger partial charge in [0.05, 0.1) is 17.6 Å². The number of hydrogen-bond donors (Lipinski definition) is 2. The third kappa shape index (κ3) is 4.97. The van der Waals surface area contributed by atoms with Crippen molar-refractivity contribution in [2.75, 3.05) is 7.11 Å². The van der Waals surface area contributed by atoms with Crippen LogP contribution in [0.25, 0.3) is 0 Å². The first kappa shape index (κ1) is 23.4. The van der Waals surface area contributed by atoms with Gasteiger partial charge in [0.2, 0.25) is 10.0 Å². The Kier molecular flexibility index (Phi) is 6.95. The first-order valence-corrected chi connectivity index (χ1v) is 11.3. The van der Waals surface area contributed by atoms with E-state index in [9.17, 15) is 17.6 Å². The van der Waals surface area contributed by atoms with E-state index in [2.05, 4.69) is 15.0 Å². The molecule has 1 atom stereocenters. The molecule has 1 amide bonds. The lowest BCUT2D eigenvalue weighted by Crippen LogP contribution is -2.33. The van der Waals surface area contributed by atoms with Crippen molar-refractivity contribution in [2.45, 2.75) is 30.8 Å². The maximum Gasteiger partial charge on any atom is 0.255 e. The number of methoxy groups -OCH3 is 1. The van der Waals surface area contributed by atoms with Crippen LogP contribution in [-0.2, 0) is 17.1 Å². The fourth-order valence-corrected chi connectivity index (χ4v) is 4.55. The number of amides is 1. The number of halogens is 1. The zero-order valence-corrected chi connectivity index (χ0v) is 19.0. The quantitative estimate of drug-likeness (QED) is 0.538. The average molecular weight is 461 g/mol. The number of benzene rings is 2. The summed E-state index contributed by atoms with van der Waals surface area (Å²) in [5, 5.41) is 2.77. The number of ether oxygens (including phenoxy) is 1. The highest BCUT2D eigenvalue weighted by Crippen LogP contribution is 2.29. The SMILES string of the molecule is COc1ccccc1C(NC(=O)c1cc(S(=O)(=O)NC(C)C)ccc1F)c1nccn1C. The number of carbonyl (C=O) groups is 1. The highest BCUT2D eigenvalue weighted by molar-refractivity contribution is 7.89. The van der Waals surface area contributed by atoms with E-state index < -0.39 is 33.4 Å². The number of aryl methyl sites for hydroxylation is 1. The topological polar surface area (TPSA) is 102 Å². The van der Waals surface area contributed by atoms with Gasteiger partial charge in [-0.05, 0) is 38.1 Å². The minimum atomic E-state index is -3.91. The molecular formula is C22H25FN4O4S. The first-order valence-electron chi connectivity index (χ1n) is 9.87. The van der Waals surface area contributed by atoms with Crippen LogP contribution in [0.4, 0.5) is 4.39 Å². The molecule has 32 heavy (non-hydrogen) atoms. The zero-order chi connectivity index (χ0) is 23.5. The van der Waals surface area contributed by atoms with Crippen molar-refractivity contribution in [1.82, 2.24) is 19.6 Å². The molecular weight excluding hydrogens is 435 g/mol. The number of nitrogens with one attached hydrogen (secondary N) is 2. The zero-order valence-electron chi connectivity index (χ0n) is 18.2. The predicted molar refractivity (Wildman–Crippen MR) is 117 cm³/mol.